The van der Waals surface area contributed by atoms with E-state index in [9.17, 15) is 9.59 Å². The van der Waals surface area contributed by atoms with E-state index < -0.39 is 0 Å². The summed E-state index contributed by atoms with van der Waals surface area (Å²) >= 11 is 1.41. The molecule has 128 valence electrons. The largest absolute Gasteiger partial charge is 0.489 e. The molecule has 1 N–H and O–H groups in total. The van der Waals surface area contributed by atoms with Crippen molar-refractivity contribution in [2.24, 2.45) is 0 Å². The Morgan fingerprint density at radius 3 is 3.08 bits per heavy atom. The van der Waals surface area contributed by atoms with E-state index in [1.54, 1.807) is 16.7 Å². The number of carbonyl (C=O) groups is 2. The van der Waals surface area contributed by atoms with E-state index in [0.29, 0.717) is 41.8 Å². The molecule has 2 aliphatic heterocycles. The predicted molar refractivity (Wildman–Crippen MR) is 96.3 cm³/mol. The average molecular weight is 356 g/mol. The maximum absolute atomic E-state index is 12.2. The lowest BCUT2D eigenvalue weighted by atomic mass is 10.2. The van der Waals surface area contributed by atoms with Crippen molar-refractivity contribution in [2.75, 3.05) is 29.5 Å². The zero-order chi connectivity index (χ0) is 17.6. The van der Waals surface area contributed by atoms with Gasteiger partial charge in [-0.05, 0) is 19.1 Å². The molecule has 1 aromatic carbocycles. The zero-order valence-corrected chi connectivity index (χ0v) is 14.6. The standard InChI is InChI=1S/C17H16N4O3S/c1-3-4-11-9-18-16(23)21(11)17-19-14-13(25-17)6-5-12-15(14)20(10(2)22)7-8-24-12/h5-6,11H,7-9H2,1-2H3,(H,18,23)/t11-/m1/s1. The van der Waals surface area contributed by atoms with Crippen LogP contribution in [0.4, 0.5) is 15.6 Å². The summed E-state index contributed by atoms with van der Waals surface area (Å²) in [7, 11) is 0. The second-order valence-electron chi connectivity index (χ2n) is 5.74. The maximum atomic E-state index is 12.2. The molecule has 1 atom stereocenters. The molecule has 0 spiro atoms. The van der Waals surface area contributed by atoms with Crippen LogP contribution < -0.4 is 19.9 Å². The lowest BCUT2D eigenvalue weighted by molar-refractivity contribution is -0.116. The molecule has 4 rings (SSSR count). The molecule has 0 bridgehead atoms. The number of hydrogen-bond acceptors (Lipinski definition) is 5. The molecule has 0 unspecified atom stereocenters. The zero-order valence-electron chi connectivity index (χ0n) is 13.8. The summed E-state index contributed by atoms with van der Waals surface area (Å²) < 4.78 is 6.58. The number of nitrogens with zero attached hydrogens (tertiary/aromatic N) is 3. The van der Waals surface area contributed by atoms with Crippen LogP contribution in [0.2, 0.25) is 0 Å². The normalized spacial score (nSPS) is 19.1. The van der Waals surface area contributed by atoms with Crippen LogP contribution in [0, 0.1) is 11.8 Å². The van der Waals surface area contributed by atoms with Gasteiger partial charge in [-0.2, -0.15) is 0 Å². The van der Waals surface area contributed by atoms with Crippen molar-refractivity contribution in [1.29, 1.82) is 0 Å². The van der Waals surface area contributed by atoms with E-state index >= 15 is 0 Å². The van der Waals surface area contributed by atoms with Crippen molar-refractivity contribution < 1.29 is 14.3 Å². The Labute approximate surface area is 148 Å². The molecule has 1 saturated heterocycles. The fourth-order valence-electron chi connectivity index (χ4n) is 3.11. The van der Waals surface area contributed by atoms with Gasteiger partial charge in [0.15, 0.2) is 5.13 Å². The third-order valence-electron chi connectivity index (χ3n) is 4.20. The van der Waals surface area contributed by atoms with Gasteiger partial charge in [0.25, 0.3) is 0 Å². The lowest BCUT2D eigenvalue weighted by Gasteiger charge is -2.28. The van der Waals surface area contributed by atoms with E-state index in [2.05, 4.69) is 22.1 Å². The van der Waals surface area contributed by atoms with E-state index in [4.69, 9.17) is 4.74 Å². The quantitative estimate of drug-likeness (QED) is 0.793. The first-order valence-corrected chi connectivity index (χ1v) is 8.75. The van der Waals surface area contributed by atoms with Gasteiger partial charge in [0.05, 0.1) is 17.8 Å². The van der Waals surface area contributed by atoms with Gasteiger partial charge in [0.1, 0.15) is 29.6 Å². The molecule has 0 aliphatic carbocycles. The Morgan fingerprint density at radius 2 is 2.32 bits per heavy atom. The number of aromatic nitrogens is 1. The summed E-state index contributed by atoms with van der Waals surface area (Å²) in [5.74, 6) is 6.47. The average Bonchev–Trinajstić information content (AvgIpc) is 3.17. The highest BCUT2D eigenvalue weighted by molar-refractivity contribution is 7.22. The molecule has 3 amide bonds. The Bertz CT molecular complexity index is 942. The molecule has 0 radical (unpaired) electrons. The number of urea groups is 1. The topological polar surface area (TPSA) is 74.8 Å². The molecule has 1 fully saturated rings. The van der Waals surface area contributed by atoms with E-state index in [1.807, 2.05) is 12.1 Å². The van der Waals surface area contributed by atoms with Crippen molar-refractivity contribution >= 4 is 44.3 Å². The van der Waals surface area contributed by atoms with Crippen molar-refractivity contribution in [3.63, 3.8) is 0 Å². The molecule has 7 nitrogen and oxygen atoms in total. The number of benzene rings is 1. The summed E-state index contributed by atoms with van der Waals surface area (Å²) in [5.41, 5.74) is 1.35. The second kappa shape index (κ2) is 5.93. The highest BCUT2D eigenvalue weighted by atomic mass is 32.1. The molecule has 3 heterocycles. The Kier molecular flexibility index (Phi) is 3.73. The first kappa shape index (κ1) is 15.7. The van der Waals surface area contributed by atoms with Crippen LogP contribution >= 0.6 is 11.3 Å². The molecule has 2 aromatic rings. The highest BCUT2D eigenvalue weighted by Gasteiger charge is 2.34. The number of nitrogens with one attached hydrogen (secondary N) is 1. The SMILES string of the molecule is CC#C[C@@H]1CNC(=O)N1c1nc2c3c(ccc2s1)OCCN3C(C)=O. The highest BCUT2D eigenvalue weighted by Crippen LogP contribution is 2.42. The van der Waals surface area contributed by atoms with Crippen LogP contribution in [0.15, 0.2) is 12.1 Å². The molecular weight excluding hydrogens is 340 g/mol. The van der Waals surface area contributed by atoms with Gasteiger partial charge in [-0.1, -0.05) is 17.3 Å². The minimum atomic E-state index is -0.242. The minimum absolute atomic E-state index is 0.0553. The number of ether oxygens (including phenoxy) is 1. The van der Waals surface area contributed by atoms with E-state index in [0.717, 1.165) is 4.70 Å². The smallest absolute Gasteiger partial charge is 0.324 e. The van der Waals surface area contributed by atoms with Gasteiger partial charge in [-0.15, -0.1) is 5.92 Å². The van der Waals surface area contributed by atoms with Crippen molar-refractivity contribution in [2.45, 2.75) is 19.9 Å². The van der Waals surface area contributed by atoms with Crippen LogP contribution in [0.25, 0.3) is 10.2 Å². The van der Waals surface area contributed by atoms with Crippen LogP contribution in [0.3, 0.4) is 0 Å². The number of thiazole rings is 1. The first-order chi connectivity index (χ1) is 12.1. The van der Waals surface area contributed by atoms with Crippen LogP contribution in [0.1, 0.15) is 13.8 Å². The van der Waals surface area contributed by atoms with Gasteiger partial charge < -0.3 is 15.0 Å². The van der Waals surface area contributed by atoms with Crippen molar-refractivity contribution in [3.8, 4) is 17.6 Å². The Balaban J connectivity index is 1.86. The summed E-state index contributed by atoms with van der Waals surface area (Å²) in [6.07, 6.45) is 0. The molecular formula is C17H16N4O3S. The predicted octanol–water partition coefficient (Wildman–Crippen LogP) is 1.96. The van der Waals surface area contributed by atoms with E-state index in [-0.39, 0.29) is 18.0 Å². The fraction of sp³-hybridized carbons (Fsp3) is 0.353. The summed E-state index contributed by atoms with van der Waals surface area (Å²) in [4.78, 5) is 32.2. The van der Waals surface area contributed by atoms with Crippen LogP contribution in [0.5, 0.6) is 5.75 Å². The number of carbonyl (C=O) groups excluding carboxylic acids is 2. The molecule has 25 heavy (non-hydrogen) atoms. The van der Waals surface area contributed by atoms with E-state index in [1.165, 1.54) is 18.3 Å². The van der Waals surface area contributed by atoms with Crippen LogP contribution in [-0.4, -0.2) is 42.7 Å². The Hall–Kier alpha value is -2.79. The van der Waals surface area contributed by atoms with Gasteiger partial charge in [-0.3, -0.25) is 9.69 Å². The second-order valence-corrected chi connectivity index (χ2v) is 6.75. The molecule has 8 heteroatoms. The molecule has 0 saturated carbocycles. The van der Waals surface area contributed by atoms with Gasteiger partial charge in [0.2, 0.25) is 5.91 Å². The van der Waals surface area contributed by atoms with Crippen LogP contribution in [-0.2, 0) is 4.79 Å². The Morgan fingerprint density at radius 1 is 1.48 bits per heavy atom. The summed E-state index contributed by atoms with van der Waals surface area (Å²) in [6.45, 7) is 4.69. The third-order valence-corrected chi connectivity index (χ3v) is 5.22. The number of amides is 3. The minimum Gasteiger partial charge on any atom is -0.489 e. The molecule has 1 aromatic heterocycles. The number of rotatable bonds is 1. The lowest BCUT2D eigenvalue weighted by Crippen LogP contribution is -2.36. The molecule has 2 aliphatic rings. The third kappa shape index (κ3) is 2.48. The van der Waals surface area contributed by atoms with Gasteiger partial charge in [-0.25, -0.2) is 9.78 Å². The summed E-state index contributed by atoms with van der Waals surface area (Å²) in [5, 5.41) is 3.37. The fourth-order valence-corrected chi connectivity index (χ4v) is 4.13. The van der Waals surface area contributed by atoms with Gasteiger partial charge in [0, 0.05) is 6.92 Å². The first-order valence-electron chi connectivity index (χ1n) is 7.94. The maximum Gasteiger partial charge on any atom is 0.324 e. The van der Waals surface area contributed by atoms with Gasteiger partial charge >= 0.3 is 6.03 Å². The van der Waals surface area contributed by atoms with Crippen molar-refractivity contribution in [3.05, 3.63) is 12.1 Å². The number of hydrogen-bond donors (Lipinski definition) is 1. The number of fused-ring (bicyclic) bond motifs is 3. The summed E-state index contributed by atoms with van der Waals surface area (Å²) in [6, 6.07) is 3.31. The number of anilines is 2. The van der Waals surface area contributed by atoms with Crippen molar-refractivity contribution in [1.82, 2.24) is 10.3 Å². The monoisotopic (exact) mass is 356 g/mol.